The van der Waals surface area contributed by atoms with Crippen LogP contribution in [-0.4, -0.2) is 11.7 Å². The molecule has 1 aromatic rings. The third-order valence-electron chi connectivity index (χ3n) is 2.05. The number of hydrogen-bond donors (Lipinski definition) is 1. The zero-order valence-electron chi connectivity index (χ0n) is 7.52. The molecule has 0 saturated carbocycles. The quantitative estimate of drug-likeness (QED) is 0.829. The molecule has 1 N–H and O–H groups in total. The highest BCUT2D eigenvalue weighted by molar-refractivity contribution is 9.10. The van der Waals surface area contributed by atoms with Gasteiger partial charge < -0.3 is 10.0 Å². The molecule has 1 aliphatic rings. The van der Waals surface area contributed by atoms with Crippen molar-refractivity contribution in [3.63, 3.8) is 0 Å². The second-order valence-corrected chi connectivity index (χ2v) is 4.02. The summed E-state index contributed by atoms with van der Waals surface area (Å²) in [5.74, 6) is 0.385. The van der Waals surface area contributed by atoms with Crippen molar-refractivity contribution in [1.29, 1.82) is 0 Å². The largest absolute Gasteiger partial charge is 0.510 e. The predicted molar refractivity (Wildman–Crippen MR) is 61.3 cm³/mol. The van der Waals surface area contributed by atoms with Crippen molar-refractivity contribution in [2.24, 2.45) is 0 Å². The Morgan fingerprint density at radius 3 is 2.57 bits per heavy atom. The maximum absolute atomic E-state index is 9.35. The lowest BCUT2D eigenvalue weighted by molar-refractivity contribution is 0.401. The van der Waals surface area contributed by atoms with E-state index in [-0.39, 0.29) is 0 Å². The molecule has 2 rings (SSSR count). The first-order chi connectivity index (χ1) is 6.75. The molecule has 0 unspecified atom stereocenters. The number of aliphatic hydroxyl groups is 1. The number of rotatable bonds is 1. The van der Waals surface area contributed by atoms with Crippen LogP contribution in [0.4, 0.5) is 5.69 Å². The Labute approximate surface area is 91.3 Å². The fraction of sp³-hybridized carbons (Fsp3) is 0.0909. The van der Waals surface area contributed by atoms with Crippen molar-refractivity contribution in [3.8, 4) is 0 Å². The van der Waals surface area contributed by atoms with Gasteiger partial charge in [0.25, 0.3) is 0 Å². The van der Waals surface area contributed by atoms with Gasteiger partial charge in [-0.3, -0.25) is 0 Å². The number of anilines is 1. The normalized spacial score (nSPS) is 15.5. The summed E-state index contributed by atoms with van der Waals surface area (Å²) < 4.78 is 1.06. The van der Waals surface area contributed by atoms with Gasteiger partial charge in [0.2, 0.25) is 0 Å². The van der Waals surface area contributed by atoms with Gasteiger partial charge in [-0.2, -0.15) is 0 Å². The molecule has 0 saturated heterocycles. The van der Waals surface area contributed by atoms with Crippen molar-refractivity contribution < 1.29 is 5.11 Å². The summed E-state index contributed by atoms with van der Waals surface area (Å²) in [6.07, 6.45) is 5.49. The van der Waals surface area contributed by atoms with Crippen molar-refractivity contribution in [2.75, 3.05) is 11.4 Å². The number of benzene rings is 1. The molecule has 14 heavy (non-hydrogen) atoms. The van der Waals surface area contributed by atoms with Gasteiger partial charge in [-0.15, -0.1) is 0 Å². The van der Waals surface area contributed by atoms with E-state index in [4.69, 9.17) is 0 Å². The molecular weight excluding hydrogens is 242 g/mol. The van der Waals surface area contributed by atoms with Crippen LogP contribution in [0, 0.1) is 0 Å². The van der Waals surface area contributed by atoms with Gasteiger partial charge in [0.05, 0.1) is 6.54 Å². The van der Waals surface area contributed by atoms with E-state index in [2.05, 4.69) is 15.9 Å². The van der Waals surface area contributed by atoms with Crippen LogP contribution in [0.1, 0.15) is 0 Å². The van der Waals surface area contributed by atoms with Crippen LogP contribution in [0.15, 0.2) is 52.8 Å². The van der Waals surface area contributed by atoms with E-state index in [9.17, 15) is 5.11 Å². The molecule has 3 heteroatoms. The van der Waals surface area contributed by atoms with E-state index in [1.165, 1.54) is 0 Å². The lowest BCUT2D eigenvalue weighted by atomic mass is 10.2. The SMILES string of the molecule is OC1=CC=CN(c2ccc(Br)cc2)C1. The molecule has 1 heterocycles. The number of aliphatic hydroxyl groups excluding tert-OH is 1. The minimum absolute atomic E-state index is 0.385. The zero-order chi connectivity index (χ0) is 9.97. The van der Waals surface area contributed by atoms with Crippen molar-refractivity contribution >= 4 is 21.6 Å². The van der Waals surface area contributed by atoms with E-state index in [0.717, 1.165) is 10.2 Å². The highest BCUT2D eigenvalue weighted by Gasteiger charge is 2.07. The number of halogens is 1. The minimum atomic E-state index is 0.385. The van der Waals surface area contributed by atoms with Gasteiger partial charge in [-0.25, -0.2) is 0 Å². The third-order valence-corrected chi connectivity index (χ3v) is 2.57. The first kappa shape index (κ1) is 9.34. The highest BCUT2D eigenvalue weighted by atomic mass is 79.9. The van der Waals surface area contributed by atoms with Crippen LogP contribution >= 0.6 is 15.9 Å². The van der Waals surface area contributed by atoms with Gasteiger partial charge >= 0.3 is 0 Å². The molecule has 1 aromatic carbocycles. The predicted octanol–water partition coefficient (Wildman–Crippen LogP) is 3.22. The fourth-order valence-corrected chi connectivity index (χ4v) is 1.61. The molecular formula is C11H10BrNO. The summed E-state index contributed by atoms with van der Waals surface area (Å²) in [5, 5.41) is 9.35. The Morgan fingerprint density at radius 1 is 1.21 bits per heavy atom. The Kier molecular flexibility index (Phi) is 2.59. The number of allylic oxidation sites excluding steroid dienone is 2. The monoisotopic (exact) mass is 251 g/mol. The van der Waals surface area contributed by atoms with E-state index < -0.39 is 0 Å². The molecule has 0 aliphatic carbocycles. The van der Waals surface area contributed by atoms with Crippen LogP contribution in [0.3, 0.4) is 0 Å². The van der Waals surface area contributed by atoms with E-state index in [0.29, 0.717) is 12.3 Å². The summed E-state index contributed by atoms with van der Waals surface area (Å²) in [5.41, 5.74) is 1.07. The number of nitrogens with zero attached hydrogens (tertiary/aromatic N) is 1. The first-order valence-electron chi connectivity index (χ1n) is 4.34. The summed E-state index contributed by atoms with van der Waals surface area (Å²) in [6.45, 7) is 0.540. The highest BCUT2D eigenvalue weighted by Crippen LogP contribution is 2.20. The van der Waals surface area contributed by atoms with Crippen LogP contribution < -0.4 is 4.90 Å². The Bertz CT molecular complexity index is 381. The van der Waals surface area contributed by atoms with Gasteiger partial charge in [-0.1, -0.05) is 15.9 Å². The summed E-state index contributed by atoms with van der Waals surface area (Å²) in [4.78, 5) is 1.99. The topological polar surface area (TPSA) is 23.5 Å². The van der Waals surface area contributed by atoms with Crippen LogP contribution in [0.2, 0.25) is 0 Å². The maximum Gasteiger partial charge on any atom is 0.112 e. The molecule has 72 valence electrons. The Morgan fingerprint density at radius 2 is 1.93 bits per heavy atom. The molecule has 0 atom stereocenters. The second-order valence-electron chi connectivity index (χ2n) is 3.10. The summed E-state index contributed by atoms with van der Waals surface area (Å²) in [7, 11) is 0. The van der Waals surface area contributed by atoms with Crippen LogP contribution in [0.25, 0.3) is 0 Å². The summed E-state index contributed by atoms with van der Waals surface area (Å²) in [6, 6.07) is 7.98. The Hall–Kier alpha value is -1.22. The minimum Gasteiger partial charge on any atom is -0.510 e. The van der Waals surface area contributed by atoms with Gasteiger partial charge in [0, 0.05) is 16.4 Å². The van der Waals surface area contributed by atoms with Crippen LogP contribution in [0.5, 0.6) is 0 Å². The molecule has 0 spiro atoms. The molecule has 0 fully saturated rings. The van der Waals surface area contributed by atoms with Gasteiger partial charge in [-0.05, 0) is 36.4 Å². The molecule has 0 radical (unpaired) electrons. The fourth-order valence-electron chi connectivity index (χ4n) is 1.35. The average Bonchev–Trinajstić information content (AvgIpc) is 2.19. The third kappa shape index (κ3) is 1.99. The van der Waals surface area contributed by atoms with Crippen molar-refractivity contribution in [1.82, 2.24) is 0 Å². The standard InChI is InChI=1S/C11H10BrNO/c12-9-3-5-10(6-4-9)13-7-1-2-11(14)8-13/h1-7,14H,8H2. The van der Waals surface area contributed by atoms with E-state index >= 15 is 0 Å². The van der Waals surface area contributed by atoms with E-state index in [1.807, 2.05) is 41.4 Å². The second kappa shape index (κ2) is 3.88. The summed E-state index contributed by atoms with van der Waals surface area (Å²) >= 11 is 3.38. The average molecular weight is 252 g/mol. The van der Waals surface area contributed by atoms with Gasteiger partial charge in [0.15, 0.2) is 0 Å². The number of hydrogen-bond acceptors (Lipinski definition) is 2. The Balaban J connectivity index is 2.21. The zero-order valence-corrected chi connectivity index (χ0v) is 9.11. The van der Waals surface area contributed by atoms with Crippen molar-refractivity contribution in [2.45, 2.75) is 0 Å². The maximum atomic E-state index is 9.35. The van der Waals surface area contributed by atoms with Crippen molar-refractivity contribution in [3.05, 3.63) is 52.8 Å². The lowest BCUT2D eigenvalue weighted by Gasteiger charge is -2.22. The molecule has 0 amide bonds. The smallest absolute Gasteiger partial charge is 0.112 e. The molecule has 0 bridgehead atoms. The first-order valence-corrected chi connectivity index (χ1v) is 5.13. The molecule has 0 aromatic heterocycles. The lowest BCUT2D eigenvalue weighted by Crippen LogP contribution is -2.20. The molecule has 1 aliphatic heterocycles. The van der Waals surface area contributed by atoms with Gasteiger partial charge in [0.1, 0.15) is 5.76 Å². The van der Waals surface area contributed by atoms with E-state index in [1.54, 1.807) is 6.08 Å². The van der Waals surface area contributed by atoms with Crippen LogP contribution in [-0.2, 0) is 0 Å². The molecule has 2 nitrogen and oxygen atoms in total.